The first kappa shape index (κ1) is 16.6. The molecule has 0 aromatic carbocycles. The third-order valence-electron chi connectivity index (χ3n) is 5.19. The molecular formula is C16H30N2O3. The van der Waals surface area contributed by atoms with Gasteiger partial charge >= 0.3 is 6.03 Å². The van der Waals surface area contributed by atoms with E-state index in [4.69, 9.17) is 4.74 Å². The fourth-order valence-electron chi connectivity index (χ4n) is 3.51. The predicted molar refractivity (Wildman–Crippen MR) is 82.2 cm³/mol. The van der Waals surface area contributed by atoms with Crippen LogP contribution in [-0.2, 0) is 4.74 Å². The van der Waals surface area contributed by atoms with Crippen LogP contribution in [0.25, 0.3) is 0 Å². The topological polar surface area (TPSA) is 61.8 Å². The maximum atomic E-state index is 12.3. The number of likely N-dealkylation sites (tertiary alicyclic amines) is 1. The summed E-state index contributed by atoms with van der Waals surface area (Å²) in [4.78, 5) is 14.2. The van der Waals surface area contributed by atoms with Gasteiger partial charge in [0.05, 0.1) is 5.60 Å². The number of carbonyl (C=O) groups excluding carboxylic acids is 1. The van der Waals surface area contributed by atoms with Crippen molar-refractivity contribution in [3.05, 3.63) is 0 Å². The van der Waals surface area contributed by atoms with Crippen LogP contribution in [0.2, 0.25) is 0 Å². The quantitative estimate of drug-likeness (QED) is 0.836. The number of carbonyl (C=O) groups is 1. The standard InChI is InChI=1S/C16H30N2O3/c1-13-12-18(10-8-16(13,20)9-11-21-2)15(19)17-14-6-4-3-5-7-14/h13-14,20H,3-12H2,1-2H3,(H,17,19). The number of urea groups is 1. The van der Waals surface area contributed by atoms with Crippen LogP contribution < -0.4 is 5.32 Å². The minimum absolute atomic E-state index is 0.0440. The average molecular weight is 298 g/mol. The van der Waals surface area contributed by atoms with Gasteiger partial charge in [0.15, 0.2) is 0 Å². The number of methoxy groups -OCH3 is 1. The molecule has 0 spiro atoms. The first-order chi connectivity index (χ1) is 10.0. The first-order valence-corrected chi connectivity index (χ1v) is 8.32. The highest BCUT2D eigenvalue weighted by Gasteiger charge is 2.39. The summed E-state index contributed by atoms with van der Waals surface area (Å²) in [6.07, 6.45) is 7.22. The molecule has 5 nitrogen and oxygen atoms in total. The molecule has 1 aliphatic carbocycles. The molecule has 2 rings (SSSR count). The van der Waals surface area contributed by atoms with Crippen molar-refractivity contribution < 1.29 is 14.6 Å². The largest absolute Gasteiger partial charge is 0.389 e. The number of rotatable bonds is 4. The third kappa shape index (κ3) is 4.33. The van der Waals surface area contributed by atoms with Gasteiger partial charge in [-0.1, -0.05) is 26.2 Å². The van der Waals surface area contributed by atoms with E-state index in [0.717, 1.165) is 12.8 Å². The Labute approximate surface area is 128 Å². The van der Waals surface area contributed by atoms with Crippen LogP contribution in [0.5, 0.6) is 0 Å². The molecule has 1 saturated heterocycles. The number of hydrogen-bond acceptors (Lipinski definition) is 3. The van der Waals surface area contributed by atoms with Gasteiger partial charge in [0.2, 0.25) is 0 Å². The summed E-state index contributed by atoms with van der Waals surface area (Å²) >= 11 is 0. The molecule has 0 aromatic heterocycles. The van der Waals surface area contributed by atoms with E-state index in [1.54, 1.807) is 7.11 Å². The third-order valence-corrected chi connectivity index (χ3v) is 5.19. The molecule has 2 amide bonds. The summed E-state index contributed by atoms with van der Waals surface area (Å²) in [5.74, 6) is 0.0819. The Hall–Kier alpha value is -0.810. The maximum absolute atomic E-state index is 12.3. The van der Waals surface area contributed by atoms with Crippen LogP contribution in [0.1, 0.15) is 51.9 Å². The number of ether oxygens (including phenoxy) is 1. The van der Waals surface area contributed by atoms with Crippen molar-refractivity contribution in [2.24, 2.45) is 5.92 Å². The van der Waals surface area contributed by atoms with Crippen LogP contribution in [0.15, 0.2) is 0 Å². The van der Waals surface area contributed by atoms with Crippen molar-refractivity contribution in [3.8, 4) is 0 Å². The molecule has 1 heterocycles. The van der Waals surface area contributed by atoms with E-state index in [0.29, 0.717) is 38.6 Å². The van der Waals surface area contributed by atoms with Gasteiger partial charge in [0.1, 0.15) is 0 Å². The number of aliphatic hydroxyl groups is 1. The minimum atomic E-state index is -0.697. The molecule has 2 unspecified atom stereocenters. The van der Waals surface area contributed by atoms with Crippen molar-refractivity contribution in [2.45, 2.75) is 63.5 Å². The highest BCUT2D eigenvalue weighted by molar-refractivity contribution is 5.74. The summed E-state index contributed by atoms with van der Waals surface area (Å²) in [5, 5.41) is 13.8. The van der Waals surface area contributed by atoms with Gasteiger partial charge in [-0.3, -0.25) is 0 Å². The highest BCUT2D eigenvalue weighted by atomic mass is 16.5. The summed E-state index contributed by atoms with van der Waals surface area (Å²) in [5.41, 5.74) is -0.697. The monoisotopic (exact) mass is 298 g/mol. The molecule has 1 aliphatic heterocycles. The molecule has 122 valence electrons. The number of nitrogens with one attached hydrogen (secondary N) is 1. The zero-order chi connectivity index (χ0) is 15.3. The number of amides is 2. The average Bonchev–Trinajstić information content (AvgIpc) is 2.49. The molecule has 0 aromatic rings. The van der Waals surface area contributed by atoms with E-state index < -0.39 is 5.60 Å². The number of nitrogens with zero attached hydrogens (tertiary/aromatic N) is 1. The lowest BCUT2D eigenvalue weighted by Gasteiger charge is -2.43. The molecule has 21 heavy (non-hydrogen) atoms. The van der Waals surface area contributed by atoms with Gasteiger partial charge in [-0.15, -0.1) is 0 Å². The Morgan fingerprint density at radius 3 is 2.71 bits per heavy atom. The molecular weight excluding hydrogens is 268 g/mol. The van der Waals surface area contributed by atoms with Crippen molar-refractivity contribution in [3.63, 3.8) is 0 Å². The number of piperidine rings is 1. The molecule has 2 N–H and O–H groups in total. The predicted octanol–water partition coefficient (Wildman–Crippen LogP) is 2.14. The van der Waals surface area contributed by atoms with Gasteiger partial charge in [0, 0.05) is 38.8 Å². The second-order valence-corrected chi connectivity index (χ2v) is 6.73. The van der Waals surface area contributed by atoms with Crippen LogP contribution in [0.3, 0.4) is 0 Å². The van der Waals surface area contributed by atoms with E-state index in [2.05, 4.69) is 5.32 Å². The first-order valence-electron chi connectivity index (χ1n) is 8.32. The zero-order valence-electron chi connectivity index (χ0n) is 13.4. The Bertz CT molecular complexity index is 344. The van der Waals surface area contributed by atoms with Gasteiger partial charge in [-0.2, -0.15) is 0 Å². The van der Waals surface area contributed by atoms with Crippen molar-refractivity contribution in [1.29, 1.82) is 0 Å². The number of hydrogen-bond donors (Lipinski definition) is 2. The van der Waals surface area contributed by atoms with Crippen LogP contribution >= 0.6 is 0 Å². The normalized spacial score (nSPS) is 31.2. The van der Waals surface area contributed by atoms with Crippen molar-refractivity contribution in [2.75, 3.05) is 26.8 Å². The Kier molecular flexibility index (Phi) is 5.88. The van der Waals surface area contributed by atoms with Gasteiger partial charge in [-0.05, 0) is 25.7 Å². The second-order valence-electron chi connectivity index (χ2n) is 6.73. The van der Waals surface area contributed by atoms with E-state index in [1.807, 2.05) is 11.8 Å². The molecule has 2 aliphatic rings. The fourth-order valence-corrected chi connectivity index (χ4v) is 3.51. The van der Waals surface area contributed by atoms with E-state index in [1.165, 1.54) is 19.3 Å². The molecule has 2 fully saturated rings. The van der Waals surface area contributed by atoms with E-state index in [-0.39, 0.29) is 11.9 Å². The molecule has 5 heteroatoms. The minimum Gasteiger partial charge on any atom is -0.389 e. The molecule has 0 radical (unpaired) electrons. The Morgan fingerprint density at radius 1 is 1.38 bits per heavy atom. The Morgan fingerprint density at radius 2 is 2.10 bits per heavy atom. The lowest BCUT2D eigenvalue weighted by molar-refractivity contribution is -0.0734. The summed E-state index contributed by atoms with van der Waals surface area (Å²) in [7, 11) is 1.65. The second kappa shape index (κ2) is 7.45. The SMILES string of the molecule is COCCC1(O)CCN(C(=O)NC2CCCCC2)CC1C. The van der Waals surface area contributed by atoms with Gasteiger partial charge in [-0.25, -0.2) is 4.79 Å². The maximum Gasteiger partial charge on any atom is 0.317 e. The van der Waals surface area contributed by atoms with E-state index >= 15 is 0 Å². The van der Waals surface area contributed by atoms with Crippen molar-refractivity contribution >= 4 is 6.03 Å². The van der Waals surface area contributed by atoms with Crippen LogP contribution in [0, 0.1) is 5.92 Å². The van der Waals surface area contributed by atoms with Crippen LogP contribution in [0.4, 0.5) is 4.79 Å². The zero-order valence-corrected chi connectivity index (χ0v) is 13.4. The van der Waals surface area contributed by atoms with Crippen LogP contribution in [-0.4, -0.2) is 54.5 Å². The molecule has 1 saturated carbocycles. The van der Waals surface area contributed by atoms with Gasteiger partial charge < -0.3 is 20.1 Å². The molecule has 2 atom stereocenters. The highest BCUT2D eigenvalue weighted by Crippen LogP contribution is 2.31. The van der Waals surface area contributed by atoms with E-state index in [9.17, 15) is 9.90 Å². The fraction of sp³-hybridized carbons (Fsp3) is 0.938. The lowest BCUT2D eigenvalue weighted by Crippen LogP contribution is -2.56. The summed E-state index contributed by atoms with van der Waals surface area (Å²) in [6.45, 7) is 3.84. The molecule has 0 bridgehead atoms. The summed E-state index contributed by atoms with van der Waals surface area (Å²) in [6, 6.07) is 0.387. The Balaban J connectivity index is 1.82. The summed E-state index contributed by atoms with van der Waals surface area (Å²) < 4.78 is 5.08. The van der Waals surface area contributed by atoms with Crippen molar-refractivity contribution in [1.82, 2.24) is 10.2 Å². The lowest BCUT2D eigenvalue weighted by atomic mass is 9.80. The smallest absolute Gasteiger partial charge is 0.317 e. The van der Waals surface area contributed by atoms with Gasteiger partial charge in [0.25, 0.3) is 0 Å².